The molecule has 1 heterocycles. The normalized spacial score (nSPS) is 23.6. The first-order chi connectivity index (χ1) is 6.57. The molecular formula is C8H14N2O3S. The Hall–Kier alpha value is -0.750. The molecule has 0 spiro atoms. The van der Waals surface area contributed by atoms with Gasteiger partial charge in [0.15, 0.2) is 0 Å². The summed E-state index contributed by atoms with van der Waals surface area (Å²) in [7, 11) is 0. The number of nitrogens with zero attached hydrogens (tertiary/aromatic N) is 1. The van der Waals surface area contributed by atoms with Crippen LogP contribution in [0, 0.1) is 0 Å². The van der Waals surface area contributed by atoms with Crippen LogP contribution < -0.4 is 5.73 Å². The van der Waals surface area contributed by atoms with Gasteiger partial charge in [-0.25, -0.2) is 4.79 Å². The average Bonchev–Trinajstić information content (AvgIpc) is 2.63. The fourth-order valence-electron chi connectivity index (χ4n) is 1.25. The number of carboxylic acids is 1. The highest BCUT2D eigenvalue weighted by molar-refractivity contribution is 7.99. The van der Waals surface area contributed by atoms with Crippen LogP contribution in [-0.4, -0.2) is 45.6 Å². The lowest BCUT2D eigenvalue weighted by molar-refractivity contribution is -0.148. The number of hydrogen-bond acceptors (Lipinski definition) is 4. The molecule has 2 atom stereocenters. The van der Waals surface area contributed by atoms with Gasteiger partial charge in [-0.05, 0) is 6.42 Å². The quantitative estimate of drug-likeness (QED) is 0.680. The molecule has 1 fully saturated rings. The molecule has 1 amide bonds. The fourth-order valence-corrected chi connectivity index (χ4v) is 2.41. The number of amides is 1. The summed E-state index contributed by atoms with van der Waals surface area (Å²) in [5.74, 6) is -0.322. The van der Waals surface area contributed by atoms with Gasteiger partial charge >= 0.3 is 5.97 Å². The Balaban J connectivity index is 2.67. The molecule has 0 aromatic rings. The van der Waals surface area contributed by atoms with Gasteiger partial charge in [-0.3, -0.25) is 4.79 Å². The molecule has 0 radical (unpaired) electrons. The van der Waals surface area contributed by atoms with Crippen LogP contribution in [0.2, 0.25) is 0 Å². The Morgan fingerprint density at radius 2 is 2.36 bits per heavy atom. The van der Waals surface area contributed by atoms with E-state index in [-0.39, 0.29) is 5.91 Å². The molecule has 0 bridgehead atoms. The highest BCUT2D eigenvalue weighted by Gasteiger charge is 2.35. The first kappa shape index (κ1) is 11.3. The number of carbonyl (C=O) groups is 2. The second-order valence-corrected chi connectivity index (χ2v) is 4.18. The zero-order chi connectivity index (χ0) is 10.7. The summed E-state index contributed by atoms with van der Waals surface area (Å²) >= 11 is 1.44. The third-order valence-electron chi connectivity index (χ3n) is 2.21. The molecule has 1 aliphatic heterocycles. The van der Waals surface area contributed by atoms with E-state index < -0.39 is 18.1 Å². The lowest BCUT2D eigenvalue weighted by Crippen LogP contribution is -2.48. The highest BCUT2D eigenvalue weighted by Crippen LogP contribution is 2.21. The van der Waals surface area contributed by atoms with E-state index >= 15 is 0 Å². The Morgan fingerprint density at radius 1 is 1.71 bits per heavy atom. The van der Waals surface area contributed by atoms with Crippen molar-refractivity contribution < 1.29 is 14.7 Å². The lowest BCUT2D eigenvalue weighted by atomic mass is 10.2. The van der Waals surface area contributed by atoms with Gasteiger partial charge in [0.25, 0.3) is 0 Å². The number of rotatable bonds is 3. The van der Waals surface area contributed by atoms with Crippen LogP contribution in [0.25, 0.3) is 0 Å². The van der Waals surface area contributed by atoms with Crippen molar-refractivity contribution in [1.29, 1.82) is 0 Å². The average molecular weight is 218 g/mol. The Bertz CT molecular complexity index is 247. The second-order valence-electron chi connectivity index (χ2n) is 3.18. The number of hydrogen-bond donors (Lipinski definition) is 2. The third-order valence-corrected chi connectivity index (χ3v) is 3.22. The predicted molar refractivity (Wildman–Crippen MR) is 53.9 cm³/mol. The van der Waals surface area contributed by atoms with Crippen molar-refractivity contribution >= 4 is 23.6 Å². The maximum absolute atomic E-state index is 11.6. The molecule has 1 aliphatic rings. The van der Waals surface area contributed by atoms with Crippen LogP contribution in [-0.2, 0) is 9.59 Å². The third kappa shape index (κ3) is 2.19. The minimum Gasteiger partial charge on any atom is -0.480 e. The summed E-state index contributed by atoms with van der Waals surface area (Å²) in [5, 5.41) is 8.84. The molecule has 0 unspecified atom stereocenters. The van der Waals surface area contributed by atoms with Crippen molar-refractivity contribution in [2.75, 3.05) is 11.6 Å². The van der Waals surface area contributed by atoms with Gasteiger partial charge in [0.05, 0.1) is 11.9 Å². The van der Waals surface area contributed by atoms with Crippen LogP contribution >= 0.6 is 11.8 Å². The second kappa shape index (κ2) is 4.65. The predicted octanol–water partition coefficient (Wildman–Crippen LogP) is -0.290. The highest BCUT2D eigenvalue weighted by atomic mass is 32.2. The van der Waals surface area contributed by atoms with Gasteiger partial charge < -0.3 is 15.7 Å². The van der Waals surface area contributed by atoms with E-state index in [1.165, 1.54) is 16.7 Å². The van der Waals surface area contributed by atoms with Gasteiger partial charge in [0.1, 0.15) is 6.04 Å². The maximum Gasteiger partial charge on any atom is 0.327 e. The topological polar surface area (TPSA) is 83.6 Å². The van der Waals surface area contributed by atoms with Crippen molar-refractivity contribution in [3.05, 3.63) is 0 Å². The molecule has 0 aromatic carbocycles. The molecule has 0 saturated carbocycles. The van der Waals surface area contributed by atoms with E-state index in [2.05, 4.69) is 0 Å². The fraction of sp³-hybridized carbons (Fsp3) is 0.750. The molecule has 6 heteroatoms. The van der Waals surface area contributed by atoms with Gasteiger partial charge in [-0.15, -0.1) is 11.8 Å². The zero-order valence-corrected chi connectivity index (χ0v) is 8.79. The number of carbonyl (C=O) groups excluding carboxylic acids is 1. The molecule has 80 valence electrons. The number of carboxylic acid groups (broad SMARTS) is 1. The monoisotopic (exact) mass is 218 g/mol. The standard InChI is InChI=1S/C8H14N2O3S/c1-2-5(9)7(11)10-4-14-3-6(10)8(12)13/h5-6H,2-4,9H2,1H3,(H,12,13)/t5-,6-/m0/s1. The van der Waals surface area contributed by atoms with Crippen LogP contribution in [0.15, 0.2) is 0 Å². The molecular weight excluding hydrogens is 204 g/mol. The minimum atomic E-state index is -0.952. The van der Waals surface area contributed by atoms with Gasteiger partial charge in [-0.1, -0.05) is 6.92 Å². The van der Waals surface area contributed by atoms with Crippen molar-refractivity contribution in [2.45, 2.75) is 25.4 Å². The molecule has 14 heavy (non-hydrogen) atoms. The summed E-state index contributed by atoms with van der Waals surface area (Å²) in [4.78, 5) is 23.7. The van der Waals surface area contributed by atoms with E-state index in [1.807, 2.05) is 6.92 Å². The van der Waals surface area contributed by atoms with Crippen LogP contribution in [0.1, 0.15) is 13.3 Å². The van der Waals surface area contributed by atoms with Gasteiger partial charge in [-0.2, -0.15) is 0 Å². The number of aliphatic carboxylic acids is 1. The van der Waals surface area contributed by atoms with E-state index in [0.29, 0.717) is 18.1 Å². The zero-order valence-electron chi connectivity index (χ0n) is 7.97. The molecule has 1 saturated heterocycles. The lowest BCUT2D eigenvalue weighted by Gasteiger charge is -2.23. The smallest absolute Gasteiger partial charge is 0.327 e. The van der Waals surface area contributed by atoms with E-state index in [9.17, 15) is 9.59 Å². The number of nitrogens with two attached hydrogens (primary N) is 1. The first-order valence-electron chi connectivity index (χ1n) is 4.44. The molecule has 3 N–H and O–H groups in total. The van der Waals surface area contributed by atoms with E-state index in [4.69, 9.17) is 10.8 Å². The van der Waals surface area contributed by atoms with E-state index in [0.717, 1.165) is 0 Å². The number of thioether (sulfide) groups is 1. The van der Waals surface area contributed by atoms with Crippen molar-refractivity contribution in [3.63, 3.8) is 0 Å². The Morgan fingerprint density at radius 3 is 2.86 bits per heavy atom. The summed E-state index contributed by atoms with van der Waals surface area (Å²) in [6.45, 7) is 1.81. The van der Waals surface area contributed by atoms with Gasteiger partial charge in [0, 0.05) is 5.75 Å². The largest absolute Gasteiger partial charge is 0.480 e. The van der Waals surface area contributed by atoms with Crippen LogP contribution in [0.5, 0.6) is 0 Å². The Labute approximate surface area is 86.6 Å². The summed E-state index contributed by atoms with van der Waals surface area (Å²) in [5.41, 5.74) is 5.57. The van der Waals surface area contributed by atoms with Gasteiger partial charge in [0.2, 0.25) is 5.91 Å². The van der Waals surface area contributed by atoms with Crippen LogP contribution in [0.4, 0.5) is 0 Å². The Kier molecular flexibility index (Phi) is 3.77. The first-order valence-corrected chi connectivity index (χ1v) is 5.60. The summed E-state index contributed by atoms with van der Waals surface area (Å²) in [6, 6.07) is -1.28. The molecule has 1 rings (SSSR count). The van der Waals surface area contributed by atoms with Crippen molar-refractivity contribution in [2.24, 2.45) is 5.73 Å². The molecule has 0 aromatic heterocycles. The minimum absolute atomic E-state index is 0.259. The van der Waals surface area contributed by atoms with E-state index in [1.54, 1.807) is 0 Å². The molecule has 5 nitrogen and oxygen atoms in total. The SMILES string of the molecule is CC[C@H](N)C(=O)N1CSC[C@H]1C(=O)O. The molecule has 0 aliphatic carbocycles. The van der Waals surface area contributed by atoms with Crippen molar-refractivity contribution in [1.82, 2.24) is 4.90 Å². The summed E-state index contributed by atoms with van der Waals surface area (Å²) in [6.07, 6.45) is 0.534. The van der Waals surface area contributed by atoms with Crippen molar-refractivity contribution in [3.8, 4) is 0 Å². The summed E-state index contributed by atoms with van der Waals surface area (Å²) < 4.78 is 0. The van der Waals surface area contributed by atoms with Crippen LogP contribution in [0.3, 0.4) is 0 Å². The maximum atomic E-state index is 11.6.